The van der Waals surface area contributed by atoms with Crippen molar-refractivity contribution in [3.63, 3.8) is 0 Å². The molecule has 0 fully saturated rings. The summed E-state index contributed by atoms with van der Waals surface area (Å²) < 4.78 is 10.6. The third kappa shape index (κ3) is 4.27. The van der Waals surface area contributed by atoms with Crippen molar-refractivity contribution in [1.29, 1.82) is 0 Å². The van der Waals surface area contributed by atoms with Crippen LogP contribution in [0.4, 0.5) is 6.01 Å². The zero-order valence-corrected chi connectivity index (χ0v) is 15.0. The first-order valence-electron chi connectivity index (χ1n) is 8.42. The maximum absolute atomic E-state index is 12.2. The number of aromatic nitrogens is 2. The van der Waals surface area contributed by atoms with Gasteiger partial charge in [-0.1, -0.05) is 43.2 Å². The number of ether oxygens (including phenoxy) is 1. The minimum Gasteiger partial charge on any atom is -0.497 e. The lowest BCUT2D eigenvalue weighted by Gasteiger charge is -2.06. The van der Waals surface area contributed by atoms with Crippen LogP contribution in [0.15, 0.2) is 52.9 Å². The minimum atomic E-state index is -0.202. The van der Waals surface area contributed by atoms with Crippen LogP contribution in [0.1, 0.15) is 30.9 Å². The Balaban J connectivity index is 1.61. The molecule has 3 rings (SSSR count). The molecule has 6 heteroatoms. The summed E-state index contributed by atoms with van der Waals surface area (Å²) in [5, 5.41) is 10.5. The molecule has 1 N–H and O–H groups in total. The average Bonchev–Trinajstić information content (AvgIpc) is 3.10. The Morgan fingerprint density at radius 3 is 2.38 bits per heavy atom. The van der Waals surface area contributed by atoms with E-state index in [0.717, 1.165) is 16.9 Å². The second-order valence-corrected chi connectivity index (χ2v) is 6.26. The van der Waals surface area contributed by atoms with Gasteiger partial charge in [-0.3, -0.25) is 10.1 Å². The first-order valence-corrected chi connectivity index (χ1v) is 8.42. The number of carbonyl (C=O) groups excluding carboxylic acids is 1. The van der Waals surface area contributed by atoms with E-state index in [2.05, 4.69) is 29.4 Å². The lowest BCUT2D eigenvalue weighted by atomic mass is 10.0. The highest BCUT2D eigenvalue weighted by molar-refractivity contribution is 5.90. The molecule has 1 heterocycles. The molecule has 0 unspecified atom stereocenters. The van der Waals surface area contributed by atoms with E-state index in [-0.39, 0.29) is 18.3 Å². The van der Waals surface area contributed by atoms with Crippen LogP contribution >= 0.6 is 0 Å². The summed E-state index contributed by atoms with van der Waals surface area (Å²) in [7, 11) is 1.60. The monoisotopic (exact) mass is 351 g/mol. The predicted molar refractivity (Wildman–Crippen MR) is 99.2 cm³/mol. The summed E-state index contributed by atoms with van der Waals surface area (Å²) in [4.78, 5) is 12.2. The number of methoxy groups -OCH3 is 1. The molecule has 6 nitrogen and oxygen atoms in total. The van der Waals surface area contributed by atoms with Gasteiger partial charge in [0.15, 0.2) is 0 Å². The van der Waals surface area contributed by atoms with Gasteiger partial charge in [0.05, 0.1) is 13.5 Å². The Bertz CT molecular complexity index is 868. The molecule has 0 atom stereocenters. The van der Waals surface area contributed by atoms with Crippen molar-refractivity contribution in [3.8, 4) is 17.2 Å². The summed E-state index contributed by atoms with van der Waals surface area (Å²) in [5.74, 6) is 1.34. The molecule has 134 valence electrons. The van der Waals surface area contributed by atoms with Crippen molar-refractivity contribution >= 4 is 11.9 Å². The highest BCUT2D eigenvalue weighted by Crippen LogP contribution is 2.22. The first kappa shape index (κ1) is 17.7. The Labute approximate surface area is 152 Å². The first-order chi connectivity index (χ1) is 12.5. The van der Waals surface area contributed by atoms with E-state index < -0.39 is 0 Å². The Morgan fingerprint density at radius 1 is 1.08 bits per heavy atom. The second-order valence-electron chi connectivity index (χ2n) is 6.26. The fraction of sp³-hybridized carbons (Fsp3) is 0.250. The van der Waals surface area contributed by atoms with Crippen molar-refractivity contribution < 1.29 is 13.9 Å². The maximum Gasteiger partial charge on any atom is 0.322 e. The standard InChI is InChI=1S/C20H21N3O3/c1-13(2)15-6-4-14(5-7-15)12-18(24)21-20-23-22-19(26-20)16-8-10-17(25-3)11-9-16/h4-11,13H,12H2,1-3H3,(H,21,23,24). The third-order valence-corrected chi connectivity index (χ3v) is 4.02. The number of hydrogen-bond donors (Lipinski definition) is 1. The van der Waals surface area contributed by atoms with Crippen LogP contribution in [0, 0.1) is 0 Å². The van der Waals surface area contributed by atoms with Gasteiger partial charge in [-0.25, -0.2) is 0 Å². The summed E-state index contributed by atoms with van der Waals surface area (Å²) in [6, 6.07) is 15.3. The van der Waals surface area contributed by atoms with Gasteiger partial charge in [0.25, 0.3) is 0 Å². The van der Waals surface area contributed by atoms with Crippen molar-refractivity contribution in [2.75, 3.05) is 12.4 Å². The maximum atomic E-state index is 12.2. The van der Waals surface area contributed by atoms with Crippen LogP contribution in [0.2, 0.25) is 0 Å². The number of rotatable bonds is 6. The summed E-state index contributed by atoms with van der Waals surface area (Å²) in [6.45, 7) is 4.27. The fourth-order valence-corrected chi connectivity index (χ4v) is 2.49. The van der Waals surface area contributed by atoms with Gasteiger partial charge in [-0.05, 0) is 41.3 Å². The molecule has 26 heavy (non-hydrogen) atoms. The quantitative estimate of drug-likeness (QED) is 0.725. The molecule has 1 aromatic heterocycles. The third-order valence-electron chi connectivity index (χ3n) is 4.02. The van der Waals surface area contributed by atoms with Crippen LogP contribution in [-0.2, 0) is 11.2 Å². The lowest BCUT2D eigenvalue weighted by Crippen LogP contribution is -2.14. The molecule has 2 aromatic carbocycles. The van der Waals surface area contributed by atoms with Crippen LogP contribution in [0.3, 0.4) is 0 Å². The Morgan fingerprint density at radius 2 is 1.77 bits per heavy atom. The SMILES string of the molecule is COc1ccc(-c2nnc(NC(=O)Cc3ccc(C(C)C)cc3)o2)cc1. The molecule has 0 saturated heterocycles. The predicted octanol–water partition coefficient (Wildman–Crippen LogP) is 4.05. The minimum absolute atomic E-state index is 0.0830. The number of nitrogens with zero attached hydrogens (tertiary/aromatic N) is 2. The molecule has 0 aliphatic carbocycles. The van der Waals surface area contributed by atoms with Crippen LogP contribution in [0.25, 0.3) is 11.5 Å². The molecule has 0 saturated carbocycles. The van der Waals surface area contributed by atoms with Gasteiger partial charge >= 0.3 is 6.01 Å². The Hall–Kier alpha value is -3.15. The van der Waals surface area contributed by atoms with E-state index in [4.69, 9.17) is 9.15 Å². The second kappa shape index (κ2) is 7.82. The molecule has 0 aliphatic heterocycles. The van der Waals surface area contributed by atoms with Crippen LogP contribution < -0.4 is 10.1 Å². The van der Waals surface area contributed by atoms with E-state index in [1.165, 1.54) is 5.56 Å². The zero-order chi connectivity index (χ0) is 18.5. The van der Waals surface area contributed by atoms with E-state index in [0.29, 0.717) is 11.8 Å². The lowest BCUT2D eigenvalue weighted by molar-refractivity contribution is -0.115. The van der Waals surface area contributed by atoms with Crippen molar-refractivity contribution in [1.82, 2.24) is 10.2 Å². The van der Waals surface area contributed by atoms with E-state index >= 15 is 0 Å². The van der Waals surface area contributed by atoms with Gasteiger partial charge in [-0.15, -0.1) is 5.10 Å². The van der Waals surface area contributed by atoms with E-state index in [1.807, 2.05) is 36.4 Å². The molecule has 0 aliphatic rings. The van der Waals surface area contributed by atoms with Gasteiger partial charge in [-0.2, -0.15) is 0 Å². The van der Waals surface area contributed by atoms with Crippen molar-refractivity contribution in [2.24, 2.45) is 0 Å². The topological polar surface area (TPSA) is 77.3 Å². The van der Waals surface area contributed by atoms with Gasteiger partial charge in [0.1, 0.15) is 5.75 Å². The zero-order valence-electron chi connectivity index (χ0n) is 15.0. The fourth-order valence-electron chi connectivity index (χ4n) is 2.49. The summed E-state index contributed by atoms with van der Waals surface area (Å²) in [6.07, 6.45) is 0.249. The Kier molecular flexibility index (Phi) is 5.31. The molecule has 0 spiro atoms. The number of carbonyl (C=O) groups is 1. The van der Waals surface area contributed by atoms with Crippen LogP contribution in [-0.4, -0.2) is 23.2 Å². The molecular weight excluding hydrogens is 330 g/mol. The number of anilines is 1. The highest BCUT2D eigenvalue weighted by Gasteiger charge is 2.12. The van der Waals surface area contributed by atoms with E-state index in [9.17, 15) is 4.79 Å². The van der Waals surface area contributed by atoms with Crippen LogP contribution in [0.5, 0.6) is 5.75 Å². The van der Waals surface area contributed by atoms with Gasteiger partial charge < -0.3 is 9.15 Å². The number of hydrogen-bond acceptors (Lipinski definition) is 5. The molecular formula is C20H21N3O3. The number of nitrogens with one attached hydrogen (secondary N) is 1. The molecule has 0 bridgehead atoms. The smallest absolute Gasteiger partial charge is 0.322 e. The largest absolute Gasteiger partial charge is 0.497 e. The van der Waals surface area contributed by atoms with E-state index in [1.54, 1.807) is 19.2 Å². The molecule has 1 amide bonds. The van der Waals surface area contributed by atoms with Gasteiger partial charge in [0, 0.05) is 5.56 Å². The van der Waals surface area contributed by atoms with Gasteiger partial charge in [0.2, 0.25) is 11.8 Å². The van der Waals surface area contributed by atoms with Crippen molar-refractivity contribution in [3.05, 3.63) is 59.7 Å². The number of benzene rings is 2. The summed E-state index contributed by atoms with van der Waals surface area (Å²) >= 11 is 0. The highest BCUT2D eigenvalue weighted by atomic mass is 16.5. The van der Waals surface area contributed by atoms with Crippen molar-refractivity contribution in [2.45, 2.75) is 26.2 Å². The molecule has 3 aromatic rings. The summed E-state index contributed by atoms with van der Waals surface area (Å²) in [5.41, 5.74) is 2.93. The average molecular weight is 351 g/mol. The number of amides is 1. The normalized spacial score (nSPS) is 10.8. The molecule has 0 radical (unpaired) electrons.